The number of rotatable bonds is 1. The van der Waals surface area contributed by atoms with Crippen molar-refractivity contribution in [1.82, 2.24) is 4.90 Å². The SMILES string of the molecule is CN1CN(c2ccccc2)CC2=C1C1=CN=NC1=CC2. The first-order valence-electron chi connectivity index (χ1n) is 6.88. The van der Waals surface area contributed by atoms with Gasteiger partial charge in [-0.2, -0.15) is 10.2 Å². The number of hydrogen-bond acceptors (Lipinski definition) is 4. The van der Waals surface area contributed by atoms with E-state index in [4.69, 9.17) is 0 Å². The monoisotopic (exact) mass is 264 g/mol. The van der Waals surface area contributed by atoms with Crippen LogP contribution in [0.4, 0.5) is 5.69 Å². The van der Waals surface area contributed by atoms with Crippen molar-refractivity contribution in [3.05, 3.63) is 65.1 Å². The molecule has 0 aromatic heterocycles. The molecule has 4 rings (SSSR count). The molecule has 0 unspecified atom stereocenters. The van der Waals surface area contributed by atoms with E-state index in [9.17, 15) is 0 Å². The van der Waals surface area contributed by atoms with Gasteiger partial charge in [-0.25, -0.2) is 0 Å². The summed E-state index contributed by atoms with van der Waals surface area (Å²) in [5, 5.41) is 8.23. The molecule has 20 heavy (non-hydrogen) atoms. The zero-order valence-electron chi connectivity index (χ0n) is 11.5. The van der Waals surface area contributed by atoms with Crippen LogP contribution in [-0.2, 0) is 0 Å². The summed E-state index contributed by atoms with van der Waals surface area (Å²) < 4.78 is 0. The Morgan fingerprint density at radius 2 is 2.00 bits per heavy atom. The van der Waals surface area contributed by atoms with E-state index in [1.54, 1.807) is 0 Å². The molecule has 4 heteroatoms. The third-order valence-corrected chi connectivity index (χ3v) is 4.03. The number of likely N-dealkylation sites (N-methyl/N-ethyl adjacent to an activating group) is 1. The van der Waals surface area contributed by atoms with Gasteiger partial charge in [-0.3, -0.25) is 0 Å². The minimum atomic E-state index is 0.896. The Morgan fingerprint density at radius 1 is 1.15 bits per heavy atom. The van der Waals surface area contributed by atoms with Crippen molar-refractivity contribution in [3.8, 4) is 0 Å². The molecule has 2 aliphatic heterocycles. The predicted octanol–water partition coefficient (Wildman–Crippen LogP) is 3.29. The Morgan fingerprint density at radius 3 is 2.85 bits per heavy atom. The van der Waals surface area contributed by atoms with E-state index >= 15 is 0 Å². The van der Waals surface area contributed by atoms with Gasteiger partial charge in [0.2, 0.25) is 0 Å². The van der Waals surface area contributed by atoms with Crippen molar-refractivity contribution < 1.29 is 0 Å². The summed E-state index contributed by atoms with van der Waals surface area (Å²) in [6.07, 6.45) is 5.03. The molecule has 0 amide bonds. The van der Waals surface area contributed by atoms with Crippen LogP contribution in [0.2, 0.25) is 0 Å². The third kappa shape index (κ3) is 1.68. The van der Waals surface area contributed by atoms with Crippen LogP contribution in [0.1, 0.15) is 6.42 Å². The molecule has 0 N–H and O–H groups in total. The Bertz CT molecular complexity index is 667. The molecule has 0 fully saturated rings. The molecule has 2 heterocycles. The molecule has 3 aliphatic rings. The van der Waals surface area contributed by atoms with Gasteiger partial charge in [-0.05, 0) is 24.1 Å². The summed E-state index contributed by atoms with van der Waals surface area (Å²) in [6, 6.07) is 10.6. The number of benzene rings is 1. The van der Waals surface area contributed by atoms with Gasteiger partial charge >= 0.3 is 0 Å². The fourth-order valence-corrected chi connectivity index (χ4v) is 3.14. The van der Waals surface area contributed by atoms with Gasteiger partial charge in [0.1, 0.15) is 0 Å². The summed E-state index contributed by atoms with van der Waals surface area (Å²) in [5.41, 5.74) is 6.25. The second-order valence-corrected chi connectivity index (χ2v) is 5.38. The Balaban J connectivity index is 1.69. The molecule has 0 saturated carbocycles. The average Bonchev–Trinajstić information content (AvgIpc) is 2.96. The maximum atomic E-state index is 4.18. The van der Waals surface area contributed by atoms with Gasteiger partial charge in [0.25, 0.3) is 0 Å². The lowest BCUT2D eigenvalue weighted by Crippen LogP contribution is -2.43. The van der Waals surface area contributed by atoms with Gasteiger partial charge < -0.3 is 9.80 Å². The van der Waals surface area contributed by atoms with Crippen LogP contribution in [0.25, 0.3) is 0 Å². The zero-order valence-corrected chi connectivity index (χ0v) is 11.5. The Hall–Kier alpha value is -2.36. The lowest BCUT2D eigenvalue weighted by Gasteiger charge is -2.40. The summed E-state index contributed by atoms with van der Waals surface area (Å²) >= 11 is 0. The molecule has 0 spiro atoms. The number of fused-ring (bicyclic) bond motifs is 2. The maximum absolute atomic E-state index is 4.18. The van der Waals surface area contributed by atoms with Gasteiger partial charge in [-0.15, -0.1) is 0 Å². The molecule has 100 valence electrons. The quantitative estimate of drug-likeness (QED) is 0.779. The highest BCUT2D eigenvalue weighted by atomic mass is 15.3. The van der Waals surface area contributed by atoms with Crippen LogP contribution in [0, 0.1) is 0 Å². The first-order chi connectivity index (χ1) is 9.83. The topological polar surface area (TPSA) is 31.2 Å². The lowest BCUT2D eigenvalue weighted by molar-refractivity contribution is 0.392. The van der Waals surface area contributed by atoms with Crippen molar-refractivity contribution in [3.63, 3.8) is 0 Å². The standard InChI is InChI=1S/C16H16N4/c1-19-11-20(13-5-3-2-4-6-13)10-12-7-8-15-14(16(12)19)9-17-18-15/h2-6,8-9H,7,10-11H2,1H3. The molecular formula is C16H16N4. The smallest absolute Gasteiger partial charge is 0.0929 e. The average molecular weight is 264 g/mol. The largest absolute Gasteiger partial charge is 0.356 e. The first kappa shape index (κ1) is 11.5. The van der Waals surface area contributed by atoms with Crippen molar-refractivity contribution in [2.75, 3.05) is 25.2 Å². The normalized spacial score (nSPS) is 20.6. The molecule has 0 atom stereocenters. The summed E-state index contributed by atoms with van der Waals surface area (Å²) in [7, 11) is 2.15. The fourth-order valence-electron chi connectivity index (χ4n) is 3.14. The third-order valence-electron chi connectivity index (χ3n) is 4.03. The van der Waals surface area contributed by atoms with E-state index in [2.05, 4.69) is 63.5 Å². The van der Waals surface area contributed by atoms with Gasteiger partial charge in [-0.1, -0.05) is 24.3 Å². The van der Waals surface area contributed by atoms with E-state index in [0.717, 1.165) is 25.3 Å². The number of anilines is 1. The van der Waals surface area contributed by atoms with E-state index in [1.807, 2.05) is 6.20 Å². The van der Waals surface area contributed by atoms with E-state index < -0.39 is 0 Å². The number of allylic oxidation sites excluding steroid dienone is 1. The molecule has 1 aromatic rings. The predicted molar refractivity (Wildman–Crippen MR) is 79.1 cm³/mol. The fraction of sp³-hybridized carbons (Fsp3) is 0.250. The lowest BCUT2D eigenvalue weighted by atomic mass is 9.93. The van der Waals surface area contributed by atoms with Crippen LogP contribution in [-0.4, -0.2) is 25.2 Å². The van der Waals surface area contributed by atoms with E-state index in [1.165, 1.54) is 22.5 Å². The van der Waals surface area contributed by atoms with Gasteiger partial charge in [0.05, 0.1) is 24.3 Å². The number of azo groups is 1. The van der Waals surface area contributed by atoms with Crippen LogP contribution in [0.5, 0.6) is 0 Å². The van der Waals surface area contributed by atoms with Crippen molar-refractivity contribution in [2.45, 2.75) is 6.42 Å². The highest BCUT2D eigenvalue weighted by Gasteiger charge is 2.30. The summed E-state index contributed by atoms with van der Waals surface area (Å²) in [5.74, 6) is 0. The second-order valence-electron chi connectivity index (χ2n) is 5.38. The number of para-hydroxylation sites is 1. The first-order valence-corrected chi connectivity index (χ1v) is 6.88. The molecule has 1 aromatic carbocycles. The zero-order chi connectivity index (χ0) is 13.5. The maximum Gasteiger partial charge on any atom is 0.0929 e. The van der Waals surface area contributed by atoms with Crippen molar-refractivity contribution >= 4 is 5.69 Å². The minimum Gasteiger partial charge on any atom is -0.356 e. The number of nitrogens with zero attached hydrogens (tertiary/aromatic N) is 4. The highest BCUT2D eigenvalue weighted by molar-refractivity contribution is 5.57. The molecule has 0 bridgehead atoms. The van der Waals surface area contributed by atoms with E-state index in [0.29, 0.717) is 0 Å². The highest BCUT2D eigenvalue weighted by Crippen LogP contribution is 2.38. The van der Waals surface area contributed by atoms with Crippen LogP contribution >= 0.6 is 0 Å². The van der Waals surface area contributed by atoms with Gasteiger partial charge in [0.15, 0.2) is 0 Å². The number of hydrogen-bond donors (Lipinski definition) is 0. The molecule has 4 nitrogen and oxygen atoms in total. The molecular weight excluding hydrogens is 248 g/mol. The van der Waals surface area contributed by atoms with Crippen molar-refractivity contribution in [2.24, 2.45) is 10.2 Å². The molecule has 1 aliphatic carbocycles. The minimum absolute atomic E-state index is 0.896. The summed E-state index contributed by atoms with van der Waals surface area (Å²) in [6.45, 7) is 1.87. The van der Waals surface area contributed by atoms with Crippen LogP contribution in [0.3, 0.4) is 0 Å². The second kappa shape index (κ2) is 4.34. The Labute approximate surface area is 118 Å². The van der Waals surface area contributed by atoms with Crippen molar-refractivity contribution in [1.29, 1.82) is 0 Å². The molecule has 0 radical (unpaired) electrons. The Kier molecular flexibility index (Phi) is 2.49. The van der Waals surface area contributed by atoms with E-state index in [-0.39, 0.29) is 0 Å². The summed E-state index contributed by atoms with van der Waals surface area (Å²) in [4.78, 5) is 4.71. The van der Waals surface area contributed by atoms with Crippen LogP contribution in [0.15, 0.2) is 75.4 Å². The van der Waals surface area contributed by atoms with Crippen LogP contribution < -0.4 is 4.90 Å². The van der Waals surface area contributed by atoms with Gasteiger partial charge in [0, 0.05) is 24.9 Å². The molecule has 0 saturated heterocycles.